The average Bonchev–Trinajstić information content (AvgIpc) is 3.18. The molecule has 0 bridgehead atoms. The molecule has 0 unspecified atom stereocenters. The SMILES string of the molecule is CC(C)c1ccc(-c2nc(N3CCC(N4CCOCC4)CC3)no2)c(F)c1. The Balaban J connectivity index is 1.41. The molecule has 3 heterocycles. The van der Waals surface area contributed by atoms with Crippen LogP contribution >= 0.6 is 0 Å². The van der Waals surface area contributed by atoms with Crippen LogP contribution in [0.5, 0.6) is 0 Å². The fourth-order valence-electron chi connectivity index (χ4n) is 3.89. The van der Waals surface area contributed by atoms with Crippen LogP contribution in [-0.2, 0) is 4.74 Å². The van der Waals surface area contributed by atoms with Crippen molar-refractivity contribution in [2.24, 2.45) is 0 Å². The lowest BCUT2D eigenvalue weighted by Gasteiger charge is -2.39. The summed E-state index contributed by atoms with van der Waals surface area (Å²) in [5, 5.41) is 4.09. The van der Waals surface area contributed by atoms with Gasteiger partial charge in [-0.25, -0.2) is 4.39 Å². The Labute approximate surface area is 159 Å². The zero-order valence-corrected chi connectivity index (χ0v) is 16.0. The van der Waals surface area contributed by atoms with Gasteiger partial charge in [0.1, 0.15) is 5.82 Å². The van der Waals surface area contributed by atoms with E-state index in [1.54, 1.807) is 12.1 Å². The summed E-state index contributed by atoms with van der Waals surface area (Å²) < 4.78 is 25.2. The van der Waals surface area contributed by atoms with E-state index in [0.717, 1.165) is 57.8 Å². The van der Waals surface area contributed by atoms with E-state index in [1.807, 2.05) is 19.9 Å². The molecule has 0 N–H and O–H groups in total. The molecule has 0 atom stereocenters. The van der Waals surface area contributed by atoms with Gasteiger partial charge in [-0.1, -0.05) is 19.9 Å². The molecule has 0 saturated carbocycles. The molecule has 2 aromatic rings. The lowest BCUT2D eigenvalue weighted by Crippen LogP contribution is -2.49. The number of piperidine rings is 1. The molecule has 0 aliphatic carbocycles. The van der Waals surface area contributed by atoms with Crippen molar-refractivity contribution < 1.29 is 13.7 Å². The van der Waals surface area contributed by atoms with Gasteiger partial charge in [-0.05, 0) is 41.6 Å². The van der Waals surface area contributed by atoms with Gasteiger partial charge in [0.2, 0.25) is 0 Å². The Hall–Kier alpha value is -1.99. The molecular weight excluding hydrogens is 347 g/mol. The third-order valence-electron chi connectivity index (χ3n) is 5.61. The van der Waals surface area contributed by atoms with Crippen LogP contribution in [0.15, 0.2) is 22.7 Å². The summed E-state index contributed by atoms with van der Waals surface area (Å²) in [4.78, 5) is 9.10. The molecule has 2 saturated heterocycles. The predicted molar refractivity (Wildman–Crippen MR) is 101 cm³/mol. The summed E-state index contributed by atoms with van der Waals surface area (Å²) in [6, 6.07) is 5.79. The lowest BCUT2D eigenvalue weighted by molar-refractivity contribution is 0.0114. The maximum absolute atomic E-state index is 14.4. The summed E-state index contributed by atoms with van der Waals surface area (Å²) >= 11 is 0. The van der Waals surface area contributed by atoms with E-state index in [9.17, 15) is 4.39 Å². The van der Waals surface area contributed by atoms with E-state index in [4.69, 9.17) is 9.26 Å². The molecule has 0 radical (unpaired) electrons. The van der Waals surface area contributed by atoms with Crippen LogP contribution in [0.25, 0.3) is 11.5 Å². The number of anilines is 1. The molecule has 0 spiro atoms. The van der Waals surface area contributed by atoms with Gasteiger partial charge >= 0.3 is 0 Å². The maximum Gasteiger partial charge on any atom is 0.266 e. The van der Waals surface area contributed by atoms with Crippen LogP contribution < -0.4 is 4.90 Å². The molecule has 1 aromatic heterocycles. The van der Waals surface area contributed by atoms with Gasteiger partial charge in [-0.15, -0.1) is 0 Å². The maximum atomic E-state index is 14.4. The predicted octanol–water partition coefficient (Wildman–Crippen LogP) is 3.30. The highest BCUT2D eigenvalue weighted by molar-refractivity contribution is 5.56. The molecule has 4 rings (SSSR count). The van der Waals surface area contributed by atoms with Gasteiger partial charge in [0.05, 0.1) is 18.8 Å². The Bertz CT molecular complexity index is 765. The number of morpholine rings is 1. The van der Waals surface area contributed by atoms with E-state index in [1.165, 1.54) is 0 Å². The number of hydrogen-bond donors (Lipinski definition) is 0. The second-order valence-electron chi connectivity index (χ2n) is 7.66. The fraction of sp³-hybridized carbons (Fsp3) is 0.600. The van der Waals surface area contributed by atoms with Crippen molar-refractivity contribution >= 4 is 5.95 Å². The Morgan fingerprint density at radius 3 is 2.52 bits per heavy atom. The highest BCUT2D eigenvalue weighted by Gasteiger charge is 2.28. The van der Waals surface area contributed by atoms with Crippen LogP contribution in [0, 0.1) is 5.82 Å². The van der Waals surface area contributed by atoms with Crippen LogP contribution in [0.2, 0.25) is 0 Å². The Morgan fingerprint density at radius 2 is 1.85 bits per heavy atom. The van der Waals surface area contributed by atoms with Gasteiger partial charge in [-0.3, -0.25) is 4.90 Å². The number of halogens is 1. The second kappa shape index (κ2) is 7.94. The van der Waals surface area contributed by atoms with E-state index in [2.05, 4.69) is 19.9 Å². The summed E-state index contributed by atoms with van der Waals surface area (Å²) in [7, 11) is 0. The van der Waals surface area contributed by atoms with E-state index in [0.29, 0.717) is 17.6 Å². The Morgan fingerprint density at radius 1 is 1.11 bits per heavy atom. The summed E-state index contributed by atoms with van der Waals surface area (Å²) in [5.74, 6) is 0.757. The zero-order valence-electron chi connectivity index (χ0n) is 16.0. The summed E-state index contributed by atoms with van der Waals surface area (Å²) in [6.07, 6.45) is 2.14. The highest BCUT2D eigenvalue weighted by atomic mass is 19.1. The van der Waals surface area contributed by atoms with Crippen molar-refractivity contribution in [1.29, 1.82) is 0 Å². The first-order chi connectivity index (χ1) is 13.1. The van der Waals surface area contributed by atoms with E-state index >= 15 is 0 Å². The molecule has 6 nitrogen and oxygen atoms in total. The largest absolute Gasteiger partial charge is 0.379 e. The number of nitrogens with zero attached hydrogens (tertiary/aromatic N) is 4. The molecule has 7 heteroatoms. The van der Waals surface area contributed by atoms with Crippen molar-refractivity contribution in [3.63, 3.8) is 0 Å². The minimum Gasteiger partial charge on any atom is -0.379 e. The van der Waals surface area contributed by atoms with Gasteiger partial charge in [0, 0.05) is 32.2 Å². The fourth-order valence-corrected chi connectivity index (χ4v) is 3.89. The first-order valence-corrected chi connectivity index (χ1v) is 9.82. The third kappa shape index (κ3) is 3.99. The van der Waals surface area contributed by atoms with Crippen molar-refractivity contribution in [2.45, 2.75) is 38.6 Å². The number of aromatic nitrogens is 2. The van der Waals surface area contributed by atoms with Gasteiger partial charge in [0.25, 0.3) is 11.8 Å². The molecule has 146 valence electrons. The molecular formula is C20H27FN4O2. The highest BCUT2D eigenvalue weighted by Crippen LogP contribution is 2.28. The molecule has 2 fully saturated rings. The normalized spacial score (nSPS) is 19.8. The molecule has 2 aliphatic heterocycles. The van der Waals surface area contributed by atoms with Gasteiger partial charge in [-0.2, -0.15) is 4.98 Å². The number of rotatable bonds is 4. The van der Waals surface area contributed by atoms with Crippen molar-refractivity contribution in [3.8, 4) is 11.5 Å². The molecule has 1 aromatic carbocycles. The zero-order chi connectivity index (χ0) is 18.8. The Kier molecular flexibility index (Phi) is 5.41. The molecule has 27 heavy (non-hydrogen) atoms. The second-order valence-corrected chi connectivity index (χ2v) is 7.66. The number of ether oxygens (including phenoxy) is 1. The van der Waals surface area contributed by atoms with Crippen LogP contribution in [0.3, 0.4) is 0 Å². The van der Waals surface area contributed by atoms with E-state index < -0.39 is 0 Å². The lowest BCUT2D eigenvalue weighted by atomic mass is 10.0. The summed E-state index contributed by atoms with van der Waals surface area (Å²) in [6.45, 7) is 9.54. The smallest absolute Gasteiger partial charge is 0.266 e. The molecule has 0 amide bonds. The number of hydrogen-bond acceptors (Lipinski definition) is 6. The number of benzene rings is 1. The monoisotopic (exact) mass is 374 g/mol. The first-order valence-electron chi connectivity index (χ1n) is 9.82. The van der Waals surface area contributed by atoms with Crippen molar-refractivity contribution in [2.75, 3.05) is 44.3 Å². The van der Waals surface area contributed by atoms with Crippen molar-refractivity contribution in [3.05, 3.63) is 29.6 Å². The molecule has 2 aliphatic rings. The first kappa shape index (κ1) is 18.4. The van der Waals surface area contributed by atoms with Crippen LogP contribution in [0.1, 0.15) is 38.2 Å². The van der Waals surface area contributed by atoms with Crippen molar-refractivity contribution in [1.82, 2.24) is 15.0 Å². The average molecular weight is 374 g/mol. The van der Waals surface area contributed by atoms with Gasteiger partial charge < -0.3 is 14.2 Å². The van der Waals surface area contributed by atoms with E-state index in [-0.39, 0.29) is 17.6 Å². The quantitative estimate of drug-likeness (QED) is 0.819. The third-order valence-corrected chi connectivity index (χ3v) is 5.61. The topological polar surface area (TPSA) is 54.6 Å². The summed E-state index contributed by atoms with van der Waals surface area (Å²) in [5.41, 5.74) is 1.32. The van der Waals surface area contributed by atoms with Crippen LogP contribution in [-0.4, -0.2) is 60.5 Å². The van der Waals surface area contributed by atoms with Gasteiger partial charge in [0.15, 0.2) is 0 Å². The van der Waals surface area contributed by atoms with Crippen LogP contribution in [0.4, 0.5) is 10.3 Å². The minimum atomic E-state index is -0.317. The standard InChI is InChI=1S/C20H27FN4O2/c1-14(2)15-3-4-17(18(21)13-15)19-22-20(23-27-19)25-7-5-16(6-8-25)24-9-11-26-12-10-24/h3-4,13-14,16H,5-12H2,1-2H3. The minimum absolute atomic E-state index is 0.244.